The first-order valence-electron chi connectivity index (χ1n) is 9.47. The topological polar surface area (TPSA) is 56.0 Å². The molecule has 0 unspecified atom stereocenters. The van der Waals surface area contributed by atoms with Crippen LogP contribution in [-0.2, 0) is 18.4 Å². The van der Waals surface area contributed by atoms with Crippen molar-refractivity contribution in [3.05, 3.63) is 89.2 Å². The minimum atomic E-state index is -0.139. The van der Waals surface area contributed by atoms with Crippen LogP contribution in [0.3, 0.4) is 0 Å². The molecule has 5 nitrogen and oxygen atoms in total. The van der Waals surface area contributed by atoms with Crippen molar-refractivity contribution in [3.8, 4) is 0 Å². The molecule has 2 heterocycles. The van der Waals surface area contributed by atoms with Crippen LogP contribution in [0.1, 0.15) is 0 Å². The van der Waals surface area contributed by atoms with Crippen LogP contribution in [0.5, 0.6) is 0 Å². The third kappa shape index (κ3) is 2.79. The van der Waals surface area contributed by atoms with Gasteiger partial charge in [0.1, 0.15) is 6.54 Å². The Bertz CT molecular complexity index is 1400. The van der Waals surface area contributed by atoms with Crippen LogP contribution in [0.25, 0.3) is 32.7 Å². The van der Waals surface area contributed by atoms with Gasteiger partial charge in [-0.05, 0) is 42.5 Å². The van der Waals surface area contributed by atoms with Gasteiger partial charge >= 0.3 is 0 Å². The van der Waals surface area contributed by atoms with Crippen molar-refractivity contribution in [1.29, 1.82) is 0 Å². The van der Waals surface area contributed by atoms with Gasteiger partial charge in [0.15, 0.2) is 5.43 Å². The lowest BCUT2D eigenvalue weighted by Crippen LogP contribution is -2.21. The Morgan fingerprint density at radius 2 is 1.41 bits per heavy atom. The van der Waals surface area contributed by atoms with E-state index in [9.17, 15) is 9.59 Å². The zero-order valence-corrected chi connectivity index (χ0v) is 15.9. The number of benzene rings is 3. The van der Waals surface area contributed by atoms with Crippen molar-refractivity contribution in [2.45, 2.75) is 6.54 Å². The average Bonchev–Trinajstić information content (AvgIpc) is 3.13. The van der Waals surface area contributed by atoms with Gasteiger partial charge in [0.05, 0.1) is 16.7 Å². The Morgan fingerprint density at radius 3 is 2.10 bits per heavy atom. The van der Waals surface area contributed by atoms with E-state index in [1.165, 1.54) is 0 Å². The number of para-hydroxylation sites is 2. The zero-order valence-electron chi connectivity index (χ0n) is 15.9. The van der Waals surface area contributed by atoms with Gasteiger partial charge in [0.2, 0.25) is 5.91 Å². The summed E-state index contributed by atoms with van der Waals surface area (Å²) >= 11 is 0. The van der Waals surface area contributed by atoms with Gasteiger partial charge in [0, 0.05) is 34.9 Å². The first kappa shape index (κ1) is 17.3. The van der Waals surface area contributed by atoms with Crippen LogP contribution < -0.4 is 10.7 Å². The molecule has 0 spiro atoms. The fraction of sp³-hybridized carbons (Fsp3) is 0.0833. The Balaban J connectivity index is 1.60. The molecule has 0 aliphatic rings. The van der Waals surface area contributed by atoms with Gasteiger partial charge < -0.3 is 14.5 Å². The molecule has 0 aliphatic heterocycles. The lowest BCUT2D eigenvalue weighted by atomic mass is 10.1. The van der Waals surface area contributed by atoms with Crippen molar-refractivity contribution in [2.75, 3.05) is 5.32 Å². The van der Waals surface area contributed by atoms with Gasteiger partial charge in [-0.3, -0.25) is 9.59 Å². The van der Waals surface area contributed by atoms with Crippen LogP contribution in [0.2, 0.25) is 0 Å². The summed E-state index contributed by atoms with van der Waals surface area (Å²) in [7, 11) is 1.98. The minimum absolute atomic E-state index is 0.0121. The summed E-state index contributed by atoms with van der Waals surface area (Å²) in [5.41, 5.74) is 3.33. The predicted octanol–water partition coefficient (Wildman–Crippen LogP) is 4.29. The summed E-state index contributed by atoms with van der Waals surface area (Å²) in [6, 6.07) is 22.7. The summed E-state index contributed by atoms with van der Waals surface area (Å²) in [5, 5.41) is 5.27. The summed E-state index contributed by atoms with van der Waals surface area (Å²) in [4.78, 5) is 25.8. The number of carbonyl (C=O) groups is 1. The van der Waals surface area contributed by atoms with Gasteiger partial charge in [0.25, 0.3) is 0 Å². The molecule has 0 bridgehead atoms. The molecule has 2 aromatic heterocycles. The standard InChI is InChI=1S/C24H19N3O2/c1-26-14-13-16-19(9-6-12-20(16)26)25-23(28)15-27-21-10-4-2-7-17(21)24(29)18-8-3-5-11-22(18)27/h2-14H,15H2,1H3,(H,25,28). The monoisotopic (exact) mass is 381 g/mol. The first-order valence-corrected chi connectivity index (χ1v) is 9.47. The average molecular weight is 381 g/mol. The number of hydrogen-bond acceptors (Lipinski definition) is 2. The van der Waals surface area contributed by atoms with Crippen LogP contribution >= 0.6 is 0 Å². The summed E-state index contributed by atoms with van der Waals surface area (Å²) in [6.45, 7) is 0.116. The largest absolute Gasteiger partial charge is 0.350 e. The molecule has 0 fully saturated rings. The highest BCUT2D eigenvalue weighted by atomic mass is 16.2. The lowest BCUT2D eigenvalue weighted by molar-refractivity contribution is -0.116. The number of anilines is 1. The van der Waals surface area contributed by atoms with E-state index in [1.807, 2.05) is 95.2 Å². The Hall–Kier alpha value is -3.86. The van der Waals surface area contributed by atoms with Crippen LogP contribution in [0.15, 0.2) is 83.8 Å². The summed E-state index contributed by atoms with van der Waals surface area (Å²) < 4.78 is 3.93. The van der Waals surface area contributed by atoms with Crippen molar-refractivity contribution in [1.82, 2.24) is 9.13 Å². The van der Waals surface area contributed by atoms with Gasteiger partial charge in [-0.25, -0.2) is 0 Å². The van der Waals surface area contributed by atoms with E-state index in [4.69, 9.17) is 0 Å². The molecule has 1 N–H and O–H groups in total. The van der Waals surface area contributed by atoms with E-state index >= 15 is 0 Å². The number of carbonyl (C=O) groups excluding carboxylic acids is 1. The third-order valence-electron chi connectivity index (χ3n) is 5.38. The third-order valence-corrected chi connectivity index (χ3v) is 5.38. The molecule has 0 radical (unpaired) electrons. The number of fused-ring (bicyclic) bond motifs is 3. The number of amides is 1. The van der Waals surface area contributed by atoms with Gasteiger partial charge in [-0.1, -0.05) is 30.3 Å². The Kier molecular flexibility index (Phi) is 3.95. The molecule has 0 saturated carbocycles. The zero-order chi connectivity index (χ0) is 20.0. The molecule has 0 atom stereocenters. The minimum Gasteiger partial charge on any atom is -0.350 e. The molecule has 3 aromatic carbocycles. The lowest BCUT2D eigenvalue weighted by Gasteiger charge is -2.15. The van der Waals surface area contributed by atoms with E-state index in [2.05, 4.69) is 5.32 Å². The highest BCUT2D eigenvalue weighted by molar-refractivity contribution is 6.02. The molecular formula is C24H19N3O2. The van der Waals surface area contributed by atoms with Gasteiger partial charge in [-0.2, -0.15) is 0 Å². The van der Waals surface area contributed by atoms with Crippen LogP contribution in [0.4, 0.5) is 5.69 Å². The molecule has 29 heavy (non-hydrogen) atoms. The number of hydrogen-bond donors (Lipinski definition) is 1. The molecule has 5 heteroatoms. The predicted molar refractivity (Wildman–Crippen MR) is 117 cm³/mol. The van der Waals surface area contributed by atoms with Crippen molar-refractivity contribution < 1.29 is 4.79 Å². The fourth-order valence-corrected chi connectivity index (χ4v) is 3.99. The number of rotatable bonds is 3. The van der Waals surface area contributed by atoms with E-state index in [0.717, 1.165) is 27.6 Å². The highest BCUT2D eigenvalue weighted by Gasteiger charge is 2.14. The van der Waals surface area contributed by atoms with Crippen LogP contribution in [0, 0.1) is 0 Å². The first-order chi connectivity index (χ1) is 14.1. The van der Waals surface area contributed by atoms with E-state index in [-0.39, 0.29) is 17.9 Å². The number of aryl methyl sites for hydroxylation is 1. The molecule has 0 saturated heterocycles. The quantitative estimate of drug-likeness (QED) is 0.474. The molecular weight excluding hydrogens is 362 g/mol. The van der Waals surface area contributed by atoms with E-state index in [1.54, 1.807) is 0 Å². The maximum atomic E-state index is 13.0. The number of nitrogens with one attached hydrogen (secondary N) is 1. The van der Waals surface area contributed by atoms with Crippen molar-refractivity contribution in [2.24, 2.45) is 7.05 Å². The van der Waals surface area contributed by atoms with Crippen molar-refractivity contribution >= 4 is 44.3 Å². The second-order valence-corrected chi connectivity index (χ2v) is 7.16. The number of aromatic nitrogens is 2. The summed E-state index contributed by atoms with van der Waals surface area (Å²) in [5.74, 6) is -0.139. The highest BCUT2D eigenvalue weighted by Crippen LogP contribution is 2.24. The number of nitrogens with zero attached hydrogens (tertiary/aromatic N) is 2. The molecule has 5 aromatic rings. The summed E-state index contributed by atoms with van der Waals surface area (Å²) in [6.07, 6.45) is 1.98. The van der Waals surface area contributed by atoms with Gasteiger partial charge in [-0.15, -0.1) is 0 Å². The van der Waals surface area contributed by atoms with Crippen molar-refractivity contribution in [3.63, 3.8) is 0 Å². The maximum Gasteiger partial charge on any atom is 0.244 e. The smallest absolute Gasteiger partial charge is 0.244 e. The second-order valence-electron chi connectivity index (χ2n) is 7.16. The van der Waals surface area contributed by atoms with E-state index < -0.39 is 0 Å². The molecule has 0 aliphatic carbocycles. The molecule has 142 valence electrons. The second kappa shape index (κ2) is 6.63. The van der Waals surface area contributed by atoms with E-state index in [0.29, 0.717) is 10.8 Å². The van der Waals surface area contributed by atoms with Crippen LogP contribution in [-0.4, -0.2) is 15.0 Å². The molecule has 1 amide bonds. The Morgan fingerprint density at radius 1 is 0.793 bits per heavy atom. The number of pyridine rings is 1. The SMILES string of the molecule is Cn1ccc2c(NC(=O)Cn3c4ccccc4c(=O)c4ccccc43)cccc21. The Labute approximate surface area is 166 Å². The maximum absolute atomic E-state index is 13.0. The molecule has 5 rings (SSSR count). The fourth-order valence-electron chi connectivity index (χ4n) is 3.99. The normalized spacial score (nSPS) is 11.3.